The Morgan fingerprint density at radius 3 is 2.46 bits per heavy atom. The van der Waals surface area contributed by atoms with Gasteiger partial charge in [0.05, 0.1) is 12.7 Å². The summed E-state index contributed by atoms with van der Waals surface area (Å²) >= 11 is 5.81. The molecule has 13 heavy (non-hydrogen) atoms. The maximum Gasteiger partial charge on any atom is 0.182 e. The second-order valence-electron chi connectivity index (χ2n) is 2.72. The van der Waals surface area contributed by atoms with Crippen LogP contribution in [0.5, 0.6) is 5.75 Å². The fraction of sp³-hybridized carbons (Fsp3) is 0.333. The molecule has 72 valence electrons. The molecule has 1 aromatic carbocycles. The molecule has 0 fully saturated rings. The molecule has 0 spiro atoms. The summed E-state index contributed by atoms with van der Waals surface area (Å²) in [5, 5.41) is 18.4. The molecule has 0 bridgehead atoms. The third-order valence-corrected chi connectivity index (χ3v) is 2.20. The Morgan fingerprint density at radius 2 is 2.00 bits per heavy atom. The van der Waals surface area contributed by atoms with Crippen LogP contribution >= 0.6 is 11.6 Å². The lowest BCUT2D eigenvalue weighted by Crippen LogP contribution is -1.99. The molecule has 0 saturated heterocycles. The van der Waals surface area contributed by atoms with Crippen molar-refractivity contribution < 1.29 is 14.9 Å². The van der Waals surface area contributed by atoms with Gasteiger partial charge in [0.15, 0.2) is 6.29 Å². The molecule has 0 atom stereocenters. The van der Waals surface area contributed by atoms with E-state index in [9.17, 15) is 0 Å². The molecule has 0 aliphatic rings. The van der Waals surface area contributed by atoms with E-state index in [0.29, 0.717) is 10.8 Å². The minimum atomic E-state index is -1.56. The Labute approximate surface area is 81.5 Å². The fourth-order valence-corrected chi connectivity index (χ4v) is 1.22. The van der Waals surface area contributed by atoms with Crippen LogP contribution in [0.4, 0.5) is 0 Å². The molecular formula is C9H11ClO3. The van der Waals surface area contributed by atoms with Crippen molar-refractivity contribution in [2.75, 3.05) is 7.11 Å². The summed E-state index contributed by atoms with van der Waals surface area (Å²) in [5.74, 6) is 0.428. The summed E-state index contributed by atoms with van der Waals surface area (Å²) in [4.78, 5) is 0. The fourth-order valence-electron chi connectivity index (χ4n) is 1.05. The van der Waals surface area contributed by atoms with E-state index in [2.05, 4.69) is 0 Å². The average Bonchev–Trinajstić information content (AvgIpc) is 2.08. The number of hydrogen-bond donors (Lipinski definition) is 2. The first-order valence-corrected chi connectivity index (χ1v) is 4.14. The van der Waals surface area contributed by atoms with Crippen molar-refractivity contribution in [2.45, 2.75) is 13.2 Å². The second kappa shape index (κ2) is 3.96. The highest BCUT2D eigenvalue weighted by Crippen LogP contribution is 2.29. The van der Waals surface area contributed by atoms with E-state index in [4.69, 9.17) is 26.6 Å². The van der Waals surface area contributed by atoms with Gasteiger partial charge in [0, 0.05) is 5.02 Å². The standard InChI is InChI=1S/C9H11ClO3/c1-5-3-8(13-2)6(9(11)12)4-7(5)10/h3-4,9,11-12H,1-2H3. The lowest BCUT2D eigenvalue weighted by atomic mass is 10.1. The highest BCUT2D eigenvalue weighted by Gasteiger charge is 2.12. The number of ether oxygens (including phenoxy) is 1. The highest BCUT2D eigenvalue weighted by atomic mass is 35.5. The summed E-state index contributed by atoms with van der Waals surface area (Å²) in [6.07, 6.45) is -1.56. The van der Waals surface area contributed by atoms with Gasteiger partial charge in [-0.15, -0.1) is 0 Å². The molecule has 0 amide bonds. The molecule has 0 aliphatic carbocycles. The molecule has 1 aromatic rings. The Hall–Kier alpha value is -0.770. The van der Waals surface area contributed by atoms with Gasteiger partial charge in [0.2, 0.25) is 0 Å². The second-order valence-corrected chi connectivity index (χ2v) is 3.12. The summed E-state index contributed by atoms with van der Waals surface area (Å²) in [6, 6.07) is 3.15. The minimum absolute atomic E-state index is 0.276. The van der Waals surface area contributed by atoms with Crippen LogP contribution in [0.2, 0.25) is 5.02 Å². The molecular weight excluding hydrogens is 192 g/mol. The maximum absolute atomic E-state index is 8.97. The Bertz CT molecular complexity index is 310. The molecule has 3 nitrogen and oxygen atoms in total. The lowest BCUT2D eigenvalue weighted by Gasteiger charge is -2.11. The molecule has 0 aliphatic heterocycles. The van der Waals surface area contributed by atoms with Crippen molar-refractivity contribution >= 4 is 11.6 Å². The monoisotopic (exact) mass is 202 g/mol. The van der Waals surface area contributed by atoms with Gasteiger partial charge in [0.1, 0.15) is 5.75 Å². The molecule has 0 radical (unpaired) electrons. The normalized spacial score (nSPS) is 10.6. The van der Waals surface area contributed by atoms with Crippen LogP contribution in [0.3, 0.4) is 0 Å². The number of methoxy groups -OCH3 is 1. The third kappa shape index (κ3) is 2.12. The Kier molecular flexibility index (Phi) is 3.14. The van der Waals surface area contributed by atoms with Crippen LogP contribution in [0.1, 0.15) is 17.4 Å². The summed E-state index contributed by atoms with van der Waals surface area (Å²) < 4.78 is 4.96. The summed E-state index contributed by atoms with van der Waals surface area (Å²) in [7, 11) is 1.47. The number of benzene rings is 1. The van der Waals surface area contributed by atoms with Gasteiger partial charge in [0.25, 0.3) is 0 Å². The zero-order valence-electron chi connectivity index (χ0n) is 7.41. The van der Waals surface area contributed by atoms with E-state index in [1.54, 1.807) is 6.07 Å². The number of hydrogen-bond acceptors (Lipinski definition) is 3. The predicted octanol–water partition coefficient (Wildman–Crippen LogP) is 1.64. The van der Waals surface area contributed by atoms with Crippen molar-refractivity contribution in [3.8, 4) is 5.75 Å². The van der Waals surface area contributed by atoms with Gasteiger partial charge in [-0.3, -0.25) is 0 Å². The van der Waals surface area contributed by atoms with Crippen LogP contribution < -0.4 is 4.74 Å². The Balaban J connectivity index is 3.25. The summed E-state index contributed by atoms with van der Waals surface area (Å²) in [5.41, 5.74) is 1.11. The van der Waals surface area contributed by atoms with E-state index in [1.165, 1.54) is 13.2 Å². The number of aliphatic hydroxyl groups excluding tert-OH is 1. The van der Waals surface area contributed by atoms with E-state index in [1.807, 2.05) is 6.92 Å². The quantitative estimate of drug-likeness (QED) is 0.717. The number of aryl methyl sites for hydroxylation is 1. The number of rotatable bonds is 2. The Morgan fingerprint density at radius 1 is 1.38 bits per heavy atom. The van der Waals surface area contributed by atoms with Gasteiger partial charge in [-0.1, -0.05) is 11.6 Å². The van der Waals surface area contributed by atoms with Crippen LogP contribution in [-0.2, 0) is 0 Å². The smallest absolute Gasteiger partial charge is 0.182 e. The predicted molar refractivity (Wildman–Crippen MR) is 49.9 cm³/mol. The van der Waals surface area contributed by atoms with Crippen LogP contribution in [0.25, 0.3) is 0 Å². The molecule has 0 aromatic heterocycles. The molecule has 0 unspecified atom stereocenters. The number of aliphatic hydroxyl groups is 2. The molecule has 4 heteroatoms. The van der Waals surface area contributed by atoms with Gasteiger partial charge in [-0.25, -0.2) is 0 Å². The van der Waals surface area contributed by atoms with E-state index in [0.717, 1.165) is 5.56 Å². The first-order valence-electron chi connectivity index (χ1n) is 3.76. The molecule has 0 saturated carbocycles. The zero-order chi connectivity index (χ0) is 10.0. The largest absolute Gasteiger partial charge is 0.496 e. The summed E-state index contributed by atoms with van der Waals surface area (Å²) in [6.45, 7) is 1.82. The minimum Gasteiger partial charge on any atom is -0.496 e. The lowest BCUT2D eigenvalue weighted by molar-refractivity contribution is -0.0439. The molecule has 0 heterocycles. The van der Waals surface area contributed by atoms with Crippen LogP contribution in [0.15, 0.2) is 12.1 Å². The highest BCUT2D eigenvalue weighted by molar-refractivity contribution is 6.31. The molecule has 1 rings (SSSR count). The van der Waals surface area contributed by atoms with Gasteiger partial charge < -0.3 is 14.9 Å². The first-order chi connectivity index (χ1) is 6.06. The van der Waals surface area contributed by atoms with Crippen molar-refractivity contribution in [1.29, 1.82) is 0 Å². The van der Waals surface area contributed by atoms with E-state index >= 15 is 0 Å². The molecule has 2 N–H and O–H groups in total. The zero-order valence-corrected chi connectivity index (χ0v) is 8.17. The topological polar surface area (TPSA) is 49.7 Å². The maximum atomic E-state index is 8.97. The van der Waals surface area contributed by atoms with Crippen LogP contribution in [0, 0.1) is 6.92 Å². The number of halogens is 1. The van der Waals surface area contributed by atoms with Crippen molar-refractivity contribution in [2.24, 2.45) is 0 Å². The van der Waals surface area contributed by atoms with Crippen LogP contribution in [-0.4, -0.2) is 17.3 Å². The van der Waals surface area contributed by atoms with Crippen molar-refractivity contribution in [3.63, 3.8) is 0 Å². The van der Waals surface area contributed by atoms with Gasteiger partial charge >= 0.3 is 0 Å². The van der Waals surface area contributed by atoms with E-state index < -0.39 is 6.29 Å². The van der Waals surface area contributed by atoms with Crippen molar-refractivity contribution in [3.05, 3.63) is 28.3 Å². The average molecular weight is 203 g/mol. The van der Waals surface area contributed by atoms with E-state index in [-0.39, 0.29) is 5.56 Å². The SMILES string of the molecule is COc1cc(C)c(Cl)cc1C(O)O. The van der Waals surface area contributed by atoms with Gasteiger partial charge in [-0.2, -0.15) is 0 Å². The first kappa shape index (κ1) is 10.3. The third-order valence-electron chi connectivity index (χ3n) is 1.79. The van der Waals surface area contributed by atoms with Crippen molar-refractivity contribution in [1.82, 2.24) is 0 Å². The van der Waals surface area contributed by atoms with Gasteiger partial charge in [-0.05, 0) is 24.6 Å².